The van der Waals surface area contributed by atoms with Gasteiger partial charge < -0.3 is 31.2 Å². The Bertz CT molecular complexity index is 1540. The molecule has 0 aliphatic heterocycles. The molecule has 0 spiro atoms. The van der Waals surface area contributed by atoms with Gasteiger partial charge in [0.25, 0.3) is 0 Å². The summed E-state index contributed by atoms with van der Waals surface area (Å²) in [6.45, 7) is 10.3. The summed E-state index contributed by atoms with van der Waals surface area (Å²) >= 11 is 13.1. The van der Waals surface area contributed by atoms with Gasteiger partial charge in [-0.2, -0.15) is 12.0 Å². The Morgan fingerprint density at radius 3 is 1.98 bits per heavy atom. The van der Waals surface area contributed by atoms with Crippen LogP contribution in [0.5, 0.6) is 0 Å². The first-order chi connectivity index (χ1) is 22.1. The van der Waals surface area contributed by atoms with Crippen molar-refractivity contribution in [3.63, 3.8) is 0 Å². The molecule has 6 aliphatic carbocycles. The summed E-state index contributed by atoms with van der Waals surface area (Å²) in [5, 5.41) is 1.53. The fourth-order valence-corrected chi connectivity index (χ4v) is 10.9. The summed E-state index contributed by atoms with van der Waals surface area (Å²) in [5.41, 5.74) is 3.11. The minimum Gasteiger partial charge on any atom is -1.00 e. The summed E-state index contributed by atoms with van der Waals surface area (Å²) in [4.78, 5) is 0. The van der Waals surface area contributed by atoms with Crippen LogP contribution in [0.4, 0.5) is 0 Å². The van der Waals surface area contributed by atoms with E-state index in [4.69, 9.17) is 23.2 Å². The largest absolute Gasteiger partial charge is 1.00 e. The van der Waals surface area contributed by atoms with E-state index in [0.29, 0.717) is 11.8 Å². The molecule has 0 saturated heterocycles. The first-order valence-corrected chi connectivity index (χ1v) is 19.0. The zero-order valence-electron chi connectivity index (χ0n) is 28.4. The standard InChI is InChI=1S/C25H33.C13H8Cl2.C5H5.2ClH.Zr/c1-17-10-9-11-18-16-24(3)22(21(17)18)19-12-5-6-13-20(19)23(2)14-7-8-15-25(23,24)4;14-12-5-1-10(2-6-12)9-11-3-7-13(15)8-4-11;1-2-4-5-3-1;;;/h5-8,12-22H,9-11H2,1-4H3;1-8H;1-3H,4H2;2*1H;/q-1;;-1;;;+2/p-2. The fraction of sp³-hybridized carbons (Fsp3) is 0.395. The van der Waals surface area contributed by atoms with Crippen molar-refractivity contribution in [2.75, 3.05) is 0 Å². The van der Waals surface area contributed by atoms with E-state index in [9.17, 15) is 0 Å². The van der Waals surface area contributed by atoms with Gasteiger partial charge in [0.2, 0.25) is 0 Å². The van der Waals surface area contributed by atoms with Crippen LogP contribution in [-0.2, 0) is 24.2 Å². The van der Waals surface area contributed by atoms with Crippen LogP contribution in [0.2, 0.25) is 10.0 Å². The van der Waals surface area contributed by atoms with Crippen molar-refractivity contribution < 1.29 is 49.0 Å². The molecule has 0 heterocycles. The Balaban J connectivity index is 0.000000195. The molecule has 8 rings (SSSR count). The van der Waals surface area contributed by atoms with E-state index in [1.165, 1.54) is 57.8 Å². The topological polar surface area (TPSA) is 0 Å². The van der Waals surface area contributed by atoms with Gasteiger partial charge in [-0.05, 0) is 28.6 Å². The van der Waals surface area contributed by atoms with Gasteiger partial charge in [0.1, 0.15) is 0 Å². The maximum absolute atomic E-state index is 5.86. The molecule has 0 bridgehead atoms. The van der Waals surface area contributed by atoms with Crippen molar-refractivity contribution >= 4 is 26.4 Å². The van der Waals surface area contributed by atoms with Gasteiger partial charge in [-0.1, -0.05) is 107 Å². The molecule has 9 unspecified atom stereocenters. The van der Waals surface area contributed by atoms with Crippen LogP contribution in [0.3, 0.4) is 0 Å². The Labute approximate surface area is 327 Å². The maximum Gasteiger partial charge on any atom is -0.109 e. The molecule has 9 atom stereocenters. The summed E-state index contributed by atoms with van der Waals surface area (Å²) in [5.74, 6) is 4.69. The average molecular weight is 796 g/mol. The Hall–Kier alpha value is -1.21. The molecule has 0 amide bonds. The van der Waals surface area contributed by atoms with E-state index >= 15 is 0 Å². The predicted molar refractivity (Wildman–Crippen MR) is 193 cm³/mol. The average Bonchev–Trinajstić information content (AvgIpc) is 3.75. The first kappa shape index (κ1) is 39.6. The quantitative estimate of drug-likeness (QED) is 0.337. The fourth-order valence-electron chi connectivity index (χ4n) is 9.81. The second-order valence-corrected chi connectivity index (χ2v) is 16.7. The van der Waals surface area contributed by atoms with Crippen molar-refractivity contribution in [1.82, 2.24) is 0 Å². The Morgan fingerprint density at radius 2 is 1.42 bits per heavy atom. The van der Waals surface area contributed by atoms with Gasteiger partial charge in [0.15, 0.2) is 0 Å². The van der Waals surface area contributed by atoms with Crippen molar-refractivity contribution in [2.45, 2.75) is 53.4 Å². The molecule has 6 aliphatic rings. The zero-order valence-corrected chi connectivity index (χ0v) is 33.8. The third-order valence-corrected chi connectivity index (χ3v) is 14.3. The smallest absolute Gasteiger partial charge is 0.109 e. The van der Waals surface area contributed by atoms with Gasteiger partial charge in [0, 0.05) is 0 Å². The van der Waals surface area contributed by atoms with Crippen LogP contribution in [0.1, 0.15) is 64.5 Å². The molecule has 5 heteroatoms. The summed E-state index contributed by atoms with van der Waals surface area (Å²) < 4.78 is 1.31. The molecular weight excluding hydrogens is 750 g/mol. The van der Waals surface area contributed by atoms with Crippen molar-refractivity contribution in [1.29, 1.82) is 0 Å². The molecule has 48 heavy (non-hydrogen) atoms. The third-order valence-electron chi connectivity index (χ3n) is 12.4. The molecule has 2 aromatic rings. The van der Waals surface area contributed by atoms with Crippen LogP contribution in [-0.4, -0.2) is 3.21 Å². The molecule has 0 nitrogen and oxygen atoms in total. The monoisotopic (exact) mass is 792 g/mol. The van der Waals surface area contributed by atoms with E-state index in [1.54, 1.807) is 0 Å². The molecule has 3 saturated carbocycles. The summed E-state index contributed by atoms with van der Waals surface area (Å²) in [6.07, 6.45) is 36.6. The molecular formula is C43H46Cl4Zr-2. The van der Waals surface area contributed by atoms with Crippen LogP contribution in [0.25, 0.3) is 0 Å². The normalized spacial score (nSPS) is 35.7. The first-order valence-electron chi connectivity index (χ1n) is 17.0. The van der Waals surface area contributed by atoms with Gasteiger partial charge >= 0.3 is 120 Å². The minimum absolute atomic E-state index is 0. The molecule has 252 valence electrons. The Morgan fingerprint density at radius 1 is 0.812 bits per heavy atom. The van der Waals surface area contributed by atoms with Crippen LogP contribution in [0.15, 0.2) is 115 Å². The molecule has 0 aromatic heterocycles. The summed E-state index contributed by atoms with van der Waals surface area (Å²) in [6, 6.07) is 15.8. The number of halogens is 4. The molecule has 2 aromatic carbocycles. The molecule has 0 N–H and O–H groups in total. The van der Waals surface area contributed by atoms with Crippen molar-refractivity contribution in [3.8, 4) is 0 Å². The zero-order chi connectivity index (χ0) is 32.5. The number of fused-ring (bicyclic) bond motifs is 8. The number of hydrogen-bond donors (Lipinski definition) is 0. The second-order valence-electron chi connectivity index (χ2n) is 14.6. The number of allylic oxidation sites excluding steroid dienone is 12. The van der Waals surface area contributed by atoms with Gasteiger partial charge in [-0.25, -0.2) is 12.2 Å². The number of rotatable bonds is 2. The number of benzene rings is 2. The summed E-state index contributed by atoms with van der Waals surface area (Å²) in [7, 11) is 0. The maximum atomic E-state index is 5.86. The van der Waals surface area contributed by atoms with Crippen molar-refractivity contribution in [3.05, 3.63) is 149 Å². The van der Waals surface area contributed by atoms with E-state index in [-0.39, 0.29) is 41.1 Å². The molecule has 0 radical (unpaired) electrons. The molecule has 3 fully saturated rings. The Kier molecular flexibility index (Phi) is 13.5. The van der Waals surface area contributed by atoms with E-state index in [0.717, 1.165) is 40.1 Å². The second kappa shape index (κ2) is 16.4. The van der Waals surface area contributed by atoms with Crippen LogP contribution < -0.4 is 24.8 Å². The van der Waals surface area contributed by atoms with E-state index < -0.39 is 0 Å². The van der Waals surface area contributed by atoms with Crippen LogP contribution in [0, 0.1) is 64.2 Å². The van der Waals surface area contributed by atoms with Crippen molar-refractivity contribution in [2.24, 2.45) is 51.8 Å². The SMILES string of the molecule is CC1CCCC2[CH-]C3(C)C(C4C=CC=CC4C4(C)C=CC=CC43C)C12.Clc1ccc([C](=[Zr+2])c2ccc(Cl)cc2)cc1.[C-]1=CC=CC1.[Cl-].[Cl-]. The van der Waals surface area contributed by atoms with E-state index in [2.05, 4.69) is 94.9 Å². The van der Waals surface area contributed by atoms with Crippen LogP contribution >= 0.6 is 23.2 Å². The predicted octanol–water partition coefficient (Wildman–Crippen LogP) is 5.81. The third kappa shape index (κ3) is 7.26. The van der Waals surface area contributed by atoms with E-state index in [1.807, 2.05) is 60.7 Å². The minimum atomic E-state index is 0. The number of hydrogen-bond acceptors (Lipinski definition) is 0. The van der Waals surface area contributed by atoms with Gasteiger partial charge in [-0.3, -0.25) is 6.08 Å². The van der Waals surface area contributed by atoms with Gasteiger partial charge in [-0.15, -0.1) is 11.8 Å². The van der Waals surface area contributed by atoms with Gasteiger partial charge in [0.05, 0.1) is 0 Å².